The molecule has 2 aromatic carbocycles. The lowest BCUT2D eigenvalue weighted by Gasteiger charge is -2.13. The molecule has 12 heteroatoms. The molecule has 0 saturated heterocycles. The number of anilines is 1. The zero-order valence-corrected chi connectivity index (χ0v) is 19.7. The second-order valence-corrected chi connectivity index (χ2v) is 10.6. The van der Waals surface area contributed by atoms with Crippen LogP contribution in [0.25, 0.3) is 39.2 Å². The highest BCUT2D eigenvalue weighted by Crippen LogP contribution is 2.33. The standard InChI is InChI=1S/C24H19F2N7O2S/c1-32-12-21(29-31-32)14-2-7-22-20(8-14)27-13-33(22)24-10-15(18-6-3-16(25)11-19(18)26)9-23(28-24)30-36(34,35)17-4-5-17/h2-3,6-13,17H,4-5H2,1H3,(H,28,30). The largest absolute Gasteiger partial charge is 0.283 e. The van der Waals surface area contributed by atoms with Gasteiger partial charge < -0.3 is 0 Å². The fraction of sp³-hybridized carbons (Fsp3) is 0.167. The van der Waals surface area contributed by atoms with Gasteiger partial charge in [0.2, 0.25) is 10.0 Å². The summed E-state index contributed by atoms with van der Waals surface area (Å²) in [6.07, 6.45) is 4.50. The Morgan fingerprint density at radius 3 is 2.58 bits per heavy atom. The number of rotatable bonds is 6. The van der Waals surface area contributed by atoms with Gasteiger partial charge in [0.15, 0.2) is 0 Å². The van der Waals surface area contributed by atoms with Crippen molar-refractivity contribution in [1.82, 2.24) is 29.5 Å². The Balaban J connectivity index is 1.47. The van der Waals surface area contributed by atoms with Gasteiger partial charge in [-0.3, -0.25) is 14.0 Å². The van der Waals surface area contributed by atoms with E-state index in [1.54, 1.807) is 34.9 Å². The number of pyridine rings is 1. The summed E-state index contributed by atoms with van der Waals surface area (Å²) in [5.41, 5.74) is 3.32. The van der Waals surface area contributed by atoms with Crippen molar-refractivity contribution in [3.63, 3.8) is 0 Å². The van der Waals surface area contributed by atoms with Crippen molar-refractivity contribution in [3.05, 3.63) is 72.7 Å². The molecule has 3 heterocycles. The third-order valence-electron chi connectivity index (χ3n) is 5.96. The number of imidazole rings is 1. The average molecular weight is 508 g/mol. The van der Waals surface area contributed by atoms with Gasteiger partial charge in [0.05, 0.1) is 22.5 Å². The summed E-state index contributed by atoms with van der Waals surface area (Å²) in [6, 6.07) is 11.8. The van der Waals surface area contributed by atoms with Crippen molar-refractivity contribution in [2.75, 3.05) is 4.72 Å². The first-order valence-corrected chi connectivity index (χ1v) is 12.6. The van der Waals surface area contributed by atoms with Gasteiger partial charge in [-0.05, 0) is 54.8 Å². The van der Waals surface area contributed by atoms with Gasteiger partial charge in [0.1, 0.15) is 35.3 Å². The molecule has 5 aromatic rings. The maximum absolute atomic E-state index is 14.6. The van der Waals surface area contributed by atoms with Crippen LogP contribution < -0.4 is 4.72 Å². The SMILES string of the molecule is Cn1cc(-c2ccc3c(c2)ncn3-c2cc(-c3ccc(F)cc3F)cc(NS(=O)(=O)C3CC3)n2)nn1. The van der Waals surface area contributed by atoms with Crippen LogP contribution in [0.4, 0.5) is 14.6 Å². The van der Waals surface area contributed by atoms with Crippen molar-refractivity contribution in [3.8, 4) is 28.2 Å². The molecule has 1 saturated carbocycles. The minimum atomic E-state index is -3.62. The van der Waals surface area contributed by atoms with Crippen LogP contribution in [-0.4, -0.2) is 43.2 Å². The van der Waals surface area contributed by atoms with Gasteiger partial charge in [-0.2, -0.15) is 0 Å². The van der Waals surface area contributed by atoms with Crippen LogP contribution in [0.1, 0.15) is 12.8 Å². The topological polar surface area (TPSA) is 108 Å². The first kappa shape index (κ1) is 22.3. The molecule has 0 spiro atoms. The second kappa shape index (κ2) is 8.19. The minimum Gasteiger partial charge on any atom is -0.283 e. The Morgan fingerprint density at radius 2 is 1.86 bits per heavy atom. The number of nitrogens with zero attached hydrogens (tertiary/aromatic N) is 6. The summed E-state index contributed by atoms with van der Waals surface area (Å²) in [4.78, 5) is 8.96. The molecule has 1 aliphatic rings. The fourth-order valence-electron chi connectivity index (χ4n) is 4.01. The van der Waals surface area contributed by atoms with Crippen molar-refractivity contribution in [2.45, 2.75) is 18.1 Å². The Kier molecular flexibility index (Phi) is 5.07. The maximum atomic E-state index is 14.6. The van der Waals surface area contributed by atoms with Crippen LogP contribution >= 0.6 is 0 Å². The van der Waals surface area contributed by atoms with Crippen molar-refractivity contribution in [2.24, 2.45) is 7.05 Å². The van der Waals surface area contributed by atoms with Gasteiger partial charge in [0.25, 0.3) is 0 Å². The monoisotopic (exact) mass is 507 g/mol. The van der Waals surface area contributed by atoms with Crippen molar-refractivity contribution in [1.29, 1.82) is 0 Å². The van der Waals surface area contributed by atoms with Crippen LogP contribution in [0, 0.1) is 11.6 Å². The lowest BCUT2D eigenvalue weighted by Crippen LogP contribution is -2.18. The summed E-state index contributed by atoms with van der Waals surface area (Å²) >= 11 is 0. The molecule has 6 rings (SSSR count). The molecule has 1 N–H and O–H groups in total. The van der Waals surface area contributed by atoms with Gasteiger partial charge in [-0.25, -0.2) is 27.2 Å². The van der Waals surface area contributed by atoms with Crippen LogP contribution in [0.15, 0.2) is 61.1 Å². The number of benzene rings is 2. The summed E-state index contributed by atoms with van der Waals surface area (Å²) in [5.74, 6) is -1.12. The minimum absolute atomic E-state index is 0.0381. The molecule has 36 heavy (non-hydrogen) atoms. The molecule has 0 radical (unpaired) electrons. The molecular formula is C24H19F2N7O2S. The van der Waals surface area contributed by atoms with E-state index in [1.165, 1.54) is 12.1 Å². The van der Waals surface area contributed by atoms with E-state index in [4.69, 9.17) is 0 Å². The van der Waals surface area contributed by atoms with E-state index in [0.29, 0.717) is 41.0 Å². The van der Waals surface area contributed by atoms with Crippen molar-refractivity contribution < 1.29 is 17.2 Å². The third-order valence-corrected chi connectivity index (χ3v) is 7.80. The zero-order valence-electron chi connectivity index (χ0n) is 18.9. The second-order valence-electron chi connectivity index (χ2n) is 8.67. The van der Waals surface area contributed by atoms with Gasteiger partial charge >= 0.3 is 0 Å². The van der Waals surface area contributed by atoms with E-state index in [0.717, 1.165) is 17.7 Å². The number of halogens is 2. The van der Waals surface area contributed by atoms with E-state index in [9.17, 15) is 17.2 Å². The molecule has 182 valence electrons. The highest BCUT2D eigenvalue weighted by atomic mass is 32.2. The summed E-state index contributed by atoms with van der Waals surface area (Å²) < 4.78 is 59.2. The van der Waals surface area contributed by atoms with E-state index in [1.807, 2.05) is 18.2 Å². The Bertz CT molecular complexity index is 1740. The summed E-state index contributed by atoms with van der Waals surface area (Å²) in [6.45, 7) is 0. The van der Waals surface area contributed by atoms with Crippen LogP contribution in [-0.2, 0) is 17.1 Å². The van der Waals surface area contributed by atoms with Gasteiger partial charge in [0, 0.05) is 24.2 Å². The molecule has 9 nitrogen and oxygen atoms in total. The van der Waals surface area contributed by atoms with E-state index in [2.05, 4.69) is 25.0 Å². The Hall–Kier alpha value is -4.19. The first-order chi connectivity index (χ1) is 17.3. The normalized spacial score (nSPS) is 13.9. The van der Waals surface area contributed by atoms with Gasteiger partial charge in [-0.1, -0.05) is 11.3 Å². The van der Waals surface area contributed by atoms with E-state index < -0.39 is 26.9 Å². The predicted molar refractivity (Wildman–Crippen MR) is 130 cm³/mol. The van der Waals surface area contributed by atoms with E-state index in [-0.39, 0.29) is 11.4 Å². The predicted octanol–water partition coefficient (Wildman–Crippen LogP) is 4.07. The number of fused-ring (bicyclic) bond motifs is 1. The number of nitrogens with one attached hydrogen (secondary N) is 1. The average Bonchev–Trinajstić information content (AvgIpc) is 3.49. The van der Waals surface area contributed by atoms with Crippen LogP contribution in [0.3, 0.4) is 0 Å². The molecule has 0 bridgehead atoms. The number of hydrogen-bond donors (Lipinski definition) is 1. The van der Waals surface area contributed by atoms with Crippen LogP contribution in [0.5, 0.6) is 0 Å². The molecule has 3 aromatic heterocycles. The zero-order chi connectivity index (χ0) is 25.0. The van der Waals surface area contributed by atoms with Gasteiger partial charge in [-0.15, -0.1) is 5.10 Å². The molecule has 1 aliphatic carbocycles. The quantitative estimate of drug-likeness (QED) is 0.371. The molecule has 0 amide bonds. The molecular weight excluding hydrogens is 488 g/mol. The van der Waals surface area contributed by atoms with Crippen molar-refractivity contribution >= 4 is 26.9 Å². The smallest absolute Gasteiger partial charge is 0.236 e. The summed E-state index contributed by atoms with van der Waals surface area (Å²) in [5, 5.41) is 7.60. The molecule has 0 unspecified atom stereocenters. The van der Waals surface area contributed by atoms with E-state index >= 15 is 0 Å². The summed E-state index contributed by atoms with van der Waals surface area (Å²) in [7, 11) is -1.85. The maximum Gasteiger partial charge on any atom is 0.236 e. The Morgan fingerprint density at radius 1 is 1.03 bits per heavy atom. The lowest BCUT2D eigenvalue weighted by molar-refractivity contribution is 0.585. The van der Waals surface area contributed by atoms with Crippen LogP contribution in [0.2, 0.25) is 0 Å². The highest BCUT2D eigenvalue weighted by molar-refractivity contribution is 7.93. The number of sulfonamides is 1. The molecule has 0 atom stereocenters. The first-order valence-electron chi connectivity index (χ1n) is 11.1. The molecule has 0 aliphatic heterocycles. The third kappa shape index (κ3) is 4.09. The number of aryl methyl sites for hydroxylation is 1. The molecule has 1 fully saturated rings. The number of hydrogen-bond acceptors (Lipinski definition) is 6. The number of aromatic nitrogens is 6. The fourth-order valence-corrected chi connectivity index (χ4v) is 5.33. The highest BCUT2D eigenvalue weighted by Gasteiger charge is 2.36. The lowest BCUT2D eigenvalue weighted by atomic mass is 10.1. The Labute approximate surface area is 204 Å².